The normalized spacial score (nSPS) is 18.0. The minimum atomic E-state index is -1.30. The van der Waals surface area contributed by atoms with Gasteiger partial charge in [-0.15, -0.1) is 0 Å². The zero-order valence-electron chi connectivity index (χ0n) is 6.76. The molecule has 0 unspecified atom stereocenters. The van der Waals surface area contributed by atoms with Gasteiger partial charge in [-0.05, 0) is 18.8 Å². The van der Waals surface area contributed by atoms with Crippen LogP contribution in [0.2, 0.25) is 0 Å². The van der Waals surface area contributed by atoms with Gasteiger partial charge in [0.05, 0.1) is 0 Å². The van der Waals surface area contributed by atoms with Crippen molar-refractivity contribution in [2.45, 2.75) is 26.7 Å². The lowest BCUT2D eigenvalue weighted by Gasteiger charge is -2.19. The van der Waals surface area contributed by atoms with Gasteiger partial charge in [-0.1, -0.05) is 13.8 Å². The number of carbonyl (C=O) groups excluding carboxylic acids is 1. The molecule has 1 aliphatic rings. The van der Waals surface area contributed by atoms with Crippen LogP contribution in [0, 0.1) is 11.3 Å². The van der Waals surface area contributed by atoms with E-state index in [0.717, 1.165) is 12.8 Å². The first-order valence-corrected chi connectivity index (χ1v) is 3.74. The summed E-state index contributed by atoms with van der Waals surface area (Å²) in [5, 5.41) is 8.44. The van der Waals surface area contributed by atoms with Crippen LogP contribution in [0.15, 0.2) is 0 Å². The molecule has 0 saturated heterocycles. The van der Waals surface area contributed by atoms with E-state index in [2.05, 4.69) is 0 Å². The molecule has 0 amide bonds. The first kappa shape index (κ1) is 8.24. The molecule has 3 nitrogen and oxygen atoms in total. The first-order chi connectivity index (χ1) is 4.96. The van der Waals surface area contributed by atoms with Crippen LogP contribution in [-0.2, 0) is 9.59 Å². The molecule has 0 aromatic heterocycles. The van der Waals surface area contributed by atoms with Gasteiger partial charge in [-0.25, -0.2) is 4.79 Å². The van der Waals surface area contributed by atoms with Gasteiger partial charge in [0.15, 0.2) is 0 Å². The van der Waals surface area contributed by atoms with Crippen LogP contribution < -0.4 is 0 Å². The lowest BCUT2D eigenvalue weighted by molar-refractivity contribution is -0.153. The molecule has 0 aliphatic heterocycles. The van der Waals surface area contributed by atoms with E-state index in [4.69, 9.17) is 5.11 Å². The molecule has 0 aromatic carbocycles. The molecule has 0 heterocycles. The Kier molecular flexibility index (Phi) is 1.74. The largest absolute Gasteiger partial charge is 0.475 e. The third kappa shape index (κ3) is 1.42. The van der Waals surface area contributed by atoms with Crippen LogP contribution in [-0.4, -0.2) is 16.9 Å². The average molecular weight is 156 g/mol. The van der Waals surface area contributed by atoms with Gasteiger partial charge >= 0.3 is 5.97 Å². The maximum absolute atomic E-state index is 11.0. The van der Waals surface area contributed by atoms with Gasteiger partial charge in [0, 0.05) is 5.41 Å². The van der Waals surface area contributed by atoms with Crippen molar-refractivity contribution < 1.29 is 14.7 Å². The predicted octanol–water partition coefficient (Wildman–Crippen LogP) is 1.08. The molecule has 0 aromatic rings. The number of carbonyl (C=O) groups is 2. The lowest BCUT2D eigenvalue weighted by Crippen LogP contribution is -2.32. The highest BCUT2D eigenvalue weighted by Gasteiger charge is 2.45. The number of rotatable bonds is 3. The Bertz CT molecular complexity index is 201. The van der Waals surface area contributed by atoms with Crippen molar-refractivity contribution in [3.63, 3.8) is 0 Å². The Morgan fingerprint density at radius 3 is 2.09 bits per heavy atom. The van der Waals surface area contributed by atoms with Crippen molar-refractivity contribution >= 4 is 11.8 Å². The van der Waals surface area contributed by atoms with E-state index in [1.54, 1.807) is 13.8 Å². The Morgan fingerprint density at radius 2 is 1.82 bits per heavy atom. The molecule has 1 N–H and O–H groups in total. The summed E-state index contributed by atoms with van der Waals surface area (Å²) in [5.41, 5.74) is -0.647. The van der Waals surface area contributed by atoms with Crippen molar-refractivity contribution in [1.82, 2.24) is 0 Å². The predicted molar refractivity (Wildman–Crippen MR) is 39.1 cm³/mol. The second-order valence-corrected chi connectivity index (χ2v) is 3.63. The second-order valence-electron chi connectivity index (χ2n) is 3.63. The fourth-order valence-electron chi connectivity index (χ4n) is 1.27. The Balaban J connectivity index is 2.70. The van der Waals surface area contributed by atoms with E-state index in [1.165, 1.54) is 0 Å². The van der Waals surface area contributed by atoms with Gasteiger partial charge < -0.3 is 5.11 Å². The minimum Gasteiger partial charge on any atom is -0.475 e. The van der Waals surface area contributed by atoms with E-state index >= 15 is 0 Å². The lowest BCUT2D eigenvalue weighted by atomic mass is 9.83. The molecule has 1 aliphatic carbocycles. The fourth-order valence-corrected chi connectivity index (χ4v) is 1.27. The number of carboxylic acids is 1. The topological polar surface area (TPSA) is 54.4 Å². The molecule has 62 valence electrons. The summed E-state index contributed by atoms with van der Waals surface area (Å²) in [4.78, 5) is 21.4. The van der Waals surface area contributed by atoms with Gasteiger partial charge in [-0.2, -0.15) is 0 Å². The summed E-state index contributed by atoms with van der Waals surface area (Å²) in [6.45, 7) is 3.42. The standard InChI is InChI=1S/C8H12O3/c1-8(2,5-3-4-5)6(9)7(10)11/h5H,3-4H2,1-2H3,(H,10,11). The number of carboxylic acid groups (broad SMARTS) is 1. The SMILES string of the molecule is CC(C)(C(=O)C(=O)O)C1CC1. The van der Waals surface area contributed by atoms with Crippen molar-refractivity contribution in [2.24, 2.45) is 11.3 Å². The van der Waals surface area contributed by atoms with E-state index in [9.17, 15) is 9.59 Å². The molecular weight excluding hydrogens is 144 g/mol. The number of hydrogen-bond donors (Lipinski definition) is 1. The van der Waals surface area contributed by atoms with Crippen LogP contribution in [0.25, 0.3) is 0 Å². The van der Waals surface area contributed by atoms with Gasteiger partial charge in [0.25, 0.3) is 0 Å². The number of hydrogen-bond acceptors (Lipinski definition) is 2. The molecule has 0 radical (unpaired) electrons. The molecule has 11 heavy (non-hydrogen) atoms. The molecule has 0 atom stereocenters. The molecule has 1 rings (SSSR count). The maximum Gasteiger partial charge on any atom is 0.372 e. The van der Waals surface area contributed by atoms with Crippen LogP contribution in [0.3, 0.4) is 0 Å². The maximum atomic E-state index is 11.0. The molecule has 3 heteroatoms. The summed E-state index contributed by atoms with van der Waals surface area (Å²) < 4.78 is 0. The Labute approximate surface area is 65.4 Å². The quantitative estimate of drug-likeness (QED) is 0.622. The average Bonchev–Trinajstić information content (AvgIpc) is 2.66. The van der Waals surface area contributed by atoms with Crippen LogP contribution in [0.1, 0.15) is 26.7 Å². The highest BCUT2D eigenvalue weighted by atomic mass is 16.4. The summed E-state index contributed by atoms with van der Waals surface area (Å²) in [5.74, 6) is -1.66. The minimum absolute atomic E-state index is 0.297. The van der Waals surface area contributed by atoms with Gasteiger partial charge in [-0.3, -0.25) is 4.79 Å². The van der Waals surface area contributed by atoms with E-state index < -0.39 is 17.2 Å². The monoisotopic (exact) mass is 156 g/mol. The van der Waals surface area contributed by atoms with Crippen molar-refractivity contribution in [2.75, 3.05) is 0 Å². The zero-order chi connectivity index (χ0) is 8.65. The van der Waals surface area contributed by atoms with E-state index in [0.29, 0.717) is 5.92 Å². The summed E-state index contributed by atoms with van der Waals surface area (Å²) in [7, 11) is 0. The molecule has 1 fully saturated rings. The van der Waals surface area contributed by atoms with Crippen LogP contribution in [0.5, 0.6) is 0 Å². The highest BCUT2D eigenvalue weighted by molar-refractivity contribution is 6.34. The van der Waals surface area contributed by atoms with Crippen molar-refractivity contribution in [1.29, 1.82) is 0 Å². The third-order valence-corrected chi connectivity index (χ3v) is 2.38. The summed E-state index contributed by atoms with van der Waals surface area (Å²) in [6.07, 6.45) is 1.98. The van der Waals surface area contributed by atoms with Crippen LogP contribution >= 0.6 is 0 Å². The van der Waals surface area contributed by atoms with Gasteiger partial charge in [0.1, 0.15) is 0 Å². The molecule has 0 bridgehead atoms. The smallest absolute Gasteiger partial charge is 0.372 e. The Hall–Kier alpha value is -0.860. The second kappa shape index (κ2) is 2.32. The van der Waals surface area contributed by atoms with Crippen LogP contribution in [0.4, 0.5) is 0 Å². The number of ketones is 1. The highest BCUT2D eigenvalue weighted by Crippen LogP contribution is 2.45. The zero-order valence-corrected chi connectivity index (χ0v) is 6.76. The number of Topliss-reactive ketones (excluding diaryl/α,β-unsaturated/α-hetero) is 1. The Morgan fingerprint density at radius 1 is 1.36 bits per heavy atom. The first-order valence-electron chi connectivity index (χ1n) is 3.74. The van der Waals surface area contributed by atoms with E-state index in [-0.39, 0.29) is 0 Å². The third-order valence-electron chi connectivity index (χ3n) is 2.38. The molecular formula is C8H12O3. The number of aliphatic carboxylic acids is 1. The van der Waals surface area contributed by atoms with Gasteiger partial charge in [0.2, 0.25) is 5.78 Å². The summed E-state index contributed by atoms with van der Waals surface area (Å²) in [6, 6.07) is 0. The molecule has 0 spiro atoms. The van der Waals surface area contributed by atoms with Crippen molar-refractivity contribution in [3.8, 4) is 0 Å². The summed E-state index contributed by atoms with van der Waals surface area (Å²) >= 11 is 0. The fraction of sp³-hybridized carbons (Fsp3) is 0.750. The van der Waals surface area contributed by atoms with Crippen molar-refractivity contribution in [3.05, 3.63) is 0 Å². The molecule has 1 saturated carbocycles. The van der Waals surface area contributed by atoms with E-state index in [1.807, 2.05) is 0 Å².